The van der Waals surface area contributed by atoms with Crippen LogP contribution in [0.1, 0.15) is 24.0 Å². The van der Waals surface area contributed by atoms with E-state index in [0.29, 0.717) is 12.8 Å². The maximum absolute atomic E-state index is 12.9. The number of nitrogens with zero attached hydrogens (tertiary/aromatic N) is 1. The van der Waals surface area contributed by atoms with Crippen LogP contribution in [0.2, 0.25) is 0 Å². The van der Waals surface area contributed by atoms with Crippen molar-refractivity contribution in [3.63, 3.8) is 0 Å². The zero-order valence-corrected chi connectivity index (χ0v) is 14.4. The Hall–Kier alpha value is -2.13. The molecule has 1 aromatic carbocycles. The van der Waals surface area contributed by atoms with Crippen molar-refractivity contribution in [2.45, 2.75) is 37.8 Å². The molecule has 2 rings (SSSR count). The first-order chi connectivity index (χ1) is 12.2. The van der Waals surface area contributed by atoms with E-state index in [4.69, 9.17) is 10.5 Å². The highest BCUT2D eigenvalue weighted by Crippen LogP contribution is 2.30. The van der Waals surface area contributed by atoms with Gasteiger partial charge in [0.05, 0.1) is 18.2 Å². The largest absolute Gasteiger partial charge is 0.416 e. The molecule has 1 saturated heterocycles. The van der Waals surface area contributed by atoms with Crippen molar-refractivity contribution in [3.8, 4) is 0 Å². The second kappa shape index (κ2) is 8.50. The van der Waals surface area contributed by atoms with Gasteiger partial charge < -0.3 is 20.7 Å². The number of carbonyl (C=O) groups is 2. The van der Waals surface area contributed by atoms with Crippen LogP contribution in [0.5, 0.6) is 0 Å². The standard InChI is InChI=1S/C17H22F3N3O3/c1-22-15(24)10-23(16(25)14-6-5-13(8-21)26-14)9-11-3-2-4-12(7-11)17(18,19)20/h2-4,7,13-14H,5-6,8-10,21H2,1H3,(H,22,24)/t13-,14+/m1/s1. The molecule has 1 aliphatic heterocycles. The first-order valence-corrected chi connectivity index (χ1v) is 8.25. The normalized spacial score (nSPS) is 20.0. The molecular weight excluding hydrogens is 351 g/mol. The lowest BCUT2D eigenvalue weighted by Gasteiger charge is -2.25. The first-order valence-electron chi connectivity index (χ1n) is 8.25. The number of hydrogen-bond donors (Lipinski definition) is 2. The number of nitrogens with one attached hydrogen (secondary N) is 1. The van der Waals surface area contributed by atoms with Crippen molar-refractivity contribution in [2.24, 2.45) is 5.73 Å². The highest BCUT2D eigenvalue weighted by molar-refractivity contribution is 5.87. The van der Waals surface area contributed by atoms with Crippen molar-refractivity contribution in [1.29, 1.82) is 0 Å². The molecule has 6 nitrogen and oxygen atoms in total. The quantitative estimate of drug-likeness (QED) is 0.787. The van der Waals surface area contributed by atoms with Crippen molar-refractivity contribution < 1.29 is 27.5 Å². The number of rotatable bonds is 6. The molecule has 2 atom stereocenters. The lowest BCUT2D eigenvalue weighted by molar-refractivity contribution is -0.146. The number of likely N-dealkylation sites (N-methyl/N-ethyl adjacent to an activating group) is 1. The van der Waals surface area contributed by atoms with E-state index in [2.05, 4.69) is 5.32 Å². The summed E-state index contributed by atoms with van der Waals surface area (Å²) in [5.41, 5.74) is 5.01. The van der Waals surface area contributed by atoms with E-state index in [1.807, 2.05) is 0 Å². The number of alkyl halides is 3. The summed E-state index contributed by atoms with van der Waals surface area (Å²) >= 11 is 0. The fraction of sp³-hybridized carbons (Fsp3) is 0.529. The Morgan fingerprint density at radius 3 is 2.65 bits per heavy atom. The van der Waals surface area contributed by atoms with E-state index in [9.17, 15) is 22.8 Å². The summed E-state index contributed by atoms with van der Waals surface area (Å²) in [6, 6.07) is 4.69. The Morgan fingerprint density at radius 2 is 2.08 bits per heavy atom. The van der Waals surface area contributed by atoms with Crippen LogP contribution in [0.15, 0.2) is 24.3 Å². The molecule has 144 valence electrons. The minimum absolute atomic E-state index is 0.122. The number of benzene rings is 1. The number of carbonyl (C=O) groups excluding carboxylic acids is 2. The Balaban J connectivity index is 2.17. The van der Waals surface area contributed by atoms with Gasteiger partial charge in [-0.05, 0) is 30.5 Å². The van der Waals surface area contributed by atoms with Crippen LogP contribution in [0.4, 0.5) is 13.2 Å². The van der Waals surface area contributed by atoms with Crippen LogP contribution in [-0.4, -0.2) is 49.1 Å². The molecule has 0 spiro atoms. The third kappa shape index (κ3) is 5.18. The molecule has 0 aromatic heterocycles. The molecule has 1 heterocycles. The third-order valence-corrected chi connectivity index (χ3v) is 4.20. The van der Waals surface area contributed by atoms with Crippen molar-refractivity contribution in [2.75, 3.05) is 20.1 Å². The van der Waals surface area contributed by atoms with Gasteiger partial charge in [-0.15, -0.1) is 0 Å². The molecule has 0 aliphatic carbocycles. The van der Waals surface area contributed by atoms with Gasteiger partial charge >= 0.3 is 6.18 Å². The zero-order valence-electron chi connectivity index (χ0n) is 14.4. The molecule has 1 aromatic rings. The molecule has 0 unspecified atom stereocenters. The van der Waals surface area contributed by atoms with Crippen LogP contribution >= 0.6 is 0 Å². The summed E-state index contributed by atoms with van der Waals surface area (Å²) in [6.07, 6.45) is -4.34. The first kappa shape index (κ1) is 20.2. The zero-order chi connectivity index (χ0) is 19.3. The maximum atomic E-state index is 12.9. The molecule has 0 radical (unpaired) electrons. The summed E-state index contributed by atoms with van der Waals surface area (Å²) in [7, 11) is 1.42. The van der Waals surface area contributed by atoms with Crippen LogP contribution in [0.25, 0.3) is 0 Å². The molecule has 26 heavy (non-hydrogen) atoms. The Morgan fingerprint density at radius 1 is 1.35 bits per heavy atom. The fourth-order valence-electron chi connectivity index (χ4n) is 2.79. The highest BCUT2D eigenvalue weighted by Gasteiger charge is 2.34. The second-order valence-electron chi connectivity index (χ2n) is 6.13. The smallest absolute Gasteiger partial charge is 0.364 e. The Kier molecular flexibility index (Phi) is 6.60. The highest BCUT2D eigenvalue weighted by atomic mass is 19.4. The van der Waals surface area contributed by atoms with Gasteiger partial charge in [-0.2, -0.15) is 13.2 Å². The van der Waals surface area contributed by atoms with Gasteiger partial charge in [0.25, 0.3) is 5.91 Å². The molecule has 1 fully saturated rings. The predicted molar refractivity (Wildman–Crippen MR) is 87.9 cm³/mol. The van der Waals surface area contributed by atoms with Crippen LogP contribution in [0.3, 0.4) is 0 Å². The van der Waals surface area contributed by atoms with Gasteiger partial charge in [0, 0.05) is 20.1 Å². The van der Waals surface area contributed by atoms with E-state index in [-0.39, 0.29) is 31.3 Å². The van der Waals surface area contributed by atoms with Gasteiger partial charge in [-0.25, -0.2) is 0 Å². The third-order valence-electron chi connectivity index (χ3n) is 4.20. The predicted octanol–water partition coefficient (Wildman–Crippen LogP) is 1.29. The number of amides is 2. The Labute approximate surface area is 149 Å². The molecule has 3 N–H and O–H groups in total. The SMILES string of the molecule is CNC(=O)CN(Cc1cccc(C(F)(F)F)c1)C(=O)[C@@H]1CC[C@H](CN)O1. The van der Waals surface area contributed by atoms with Crippen LogP contribution in [-0.2, 0) is 27.0 Å². The summed E-state index contributed by atoms with van der Waals surface area (Å²) in [5.74, 6) is -0.847. The lowest BCUT2D eigenvalue weighted by Crippen LogP contribution is -2.44. The molecule has 0 saturated carbocycles. The summed E-state index contributed by atoms with van der Waals surface area (Å²) < 4.78 is 44.2. The minimum atomic E-state index is -4.48. The van der Waals surface area contributed by atoms with E-state index >= 15 is 0 Å². The fourth-order valence-corrected chi connectivity index (χ4v) is 2.79. The average Bonchev–Trinajstić information content (AvgIpc) is 3.09. The van der Waals surface area contributed by atoms with E-state index in [1.54, 1.807) is 0 Å². The molecular formula is C17H22F3N3O3. The average molecular weight is 373 g/mol. The lowest BCUT2D eigenvalue weighted by atomic mass is 10.1. The summed E-state index contributed by atoms with van der Waals surface area (Å²) in [4.78, 5) is 25.6. The van der Waals surface area contributed by atoms with Crippen molar-refractivity contribution in [1.82, 2.24) is 10.2 Å². The van der Waals surface area contributed by atoms with E-state index in [1.165, 1.54) is 24.1 Å². The summed E-state index contributed by atoms with van der Waals surface area (Å²) in [6.45, 7) is -0.102. The van der Waals surface area contributed by atoms with Gasteiger partial charge in [0.2, 0.25) is 5.91 Å². The van der Waals surface area contributed by atoms with E-state index in [0.717, 1.165) is 12.1 Å². The Bertz CT molecular complexity index is 652. The van der Waals surface area contributed by atoms with Crippen molar-refractivity contribution in [3.05, 3.63) is 35.4 Å². The molecule has 9 heteroatoms. The second-order valence-corrected chi connectivity index (χ2v) is 6.13. The molecule has 0 bridgehead atoms. The van der Waals surface area contributed by atoms with Crippen LogP contribution in [0, 0.1) is 0 Å². The minimum Gasteiger partial charge on any atom is -0.364 e. The van der Waals surface area contributed by atoms with Gasteiger partial charge in [0.1, 0.15) is 6.10 Å². The number of nitrogens with two attached hydrogens (primary N) is 1. The maximum Gasteiger partial charge on any atom is 0.416 e. The topological polar surface area (TPSA) is 84.7 Å². The number of hydrogen-bond acceptors (Lipinski definition) is 4. The summed E-state index contributed by atoms with van der Waals surface area (Å²) in [5, 5.41) is 2.41. The van der Waals surface area contributed by atoms with Crippen molar-refractivity contribution >= 4 is 11.8 Å². The van der Waals surface area contributed by atoms with Gasteiger partial charge in [-0.3, -0.25) is 9.59 Å². The van der Waals surface area contributed by atoms with Gasteiger partial charge in [-0.1, -0.05) is 12.1 Å². The van der Waals surface area contributed by atoms with E-state index < -0.39 is 29.7 Å². The van der Waals surface area contributed by atoms with Crippen LogP contribution < -0.4 is 11.1 Å². The number of ether oxygens (including phenoxy) is 1. The monoisotopic (exact) mass is 373 g/mol. The molecule has 1 aliphatic rings. The molecule has 2 amide bonds. The van der Waals surface area contributed by atoms with Gasteiger partial charge in [0.15, 0.2) is 0 Å². The number of halogens is 3.